The largest absolute Gasteiger partial charge is 0.494 e. The summed E-state index contributed by atoms with van der Waals surface area (Å²) in [5, 5.41) is 3.38. The lowest BCUT2D eigenvalue weighted by atomic mass is 10.1. The molecule has 1 aliphatic heterocycles. The molecule has 1 aliphatic rings. The van der Waals surface area contributed by atoms with Crippen LogP contribution in [-0.2, 0) is 6.42 Å². The summed E-state index contributed by atoms with van der Waals surface area (Å²) in [6, 6.07) is 18.7. The lowest BCUT2D eigenvalue weighted by molar-refractivity contribution is 0.340. The van der Waals surface area contributed by atoms with Crippen LogP contribution in [0.2, 0.25) is 0 Å². The van der Waals surface area contributed by atoms with Crippen LogP contribution in [-0.4, -0.2) is 22.6 Å². The minimum absolute atomic E-state index is 0.336. The zero-order valence-corrected chi connectivity index (χ0v) is 15.9. The van der Waals surface area contributed by atoms with Crippen molar-refractivity contribution in [2.24, 2.45) is 0 Å². The maximum Gasteiger partial charge on any atom is 0.232 e. The Morgan fingerprint density at radius 1 is 1.11 bits per heavy atom. The van der Waals surface area contributed by atoms with Gasteiger partial charge in [-0.2, -0.15) is 4.98 Å². The predicted molar refractivity (Wildman–Crippen MR) is 109 cm³/mol. The molecule has 27 heavy (non-hydrogen) atoms. The SMILES string of the molecule is CCOc1ccc(Nc2cc(C)nc(N3c4ccccc4CC3C)n2)cc1. The normalized spacial score (nSPS) is 15.5. The number of hydrogen-bond acceptors (Lipinski definition) is 5. The summed E-state index contributed by atoms with van der Waals surface area (Å²) in [5.41, 5.74) is 4.45. The lowest BCUT2D eigenvalue weighted by Gasteiger charge is -2.23. The van der Waals surface area contributed by atoms with Crippen LogP contribution in [0.4, 0.5) is 23.1 Å². The molecule has 0 radical (unpaired) electrons. The second-order valence-electron chi connectivity index (χ2n) is 6.83. The van der Waals surface area contributed by atoms with E-state index in [1.54, 1.807) is 0 Å². The van der Waals surface area contributed by atoms with Crippen molar-refractivity contribution in [3.63, 3.8) is 0 Å². The summed E-state index contributed by atoms with van der Waals surface area (Å²) in [5.74, 6) is 2.39. The molecule has 1 N–H and O–H groups in total. The van der Waals surface area contributed by atoms with Gasteiger partial charge in [0.15, 0.2) is 0 Å². The summed E-state index contributed by atoms with van der Waals surface area (Å²) >= 11 is 0. The van der Waals surface area contributed by atoms with E-state index in [1.807, 2.05) is 44.2 Å². The van der Waals surface area contributed by atoms with E-state index in [4.69, 9.17) is 14.7 Å². The molecule has 4 rings (SSSR count). The Morgan fingerprint density at radius 2 is 1.89 bits per heavy atom. The Hall–Kier alpha value is -3.08. The standard InChI is InChI=1S/C22H24N4O/c1-4-27-19-11-9-18(10-12-19)24-21-13-15(2)23-22(25-21)26-16(3)14-17-7-5-6-8-20(17)26/h5-13,16H,4,14H2,1-3H3,(H,23,24,25). The second kappa shape index (κ2) is 7.27. The van der Waals surface area contributed by atoms with E-state index < -0.39 is 0 Å². The highest BCUT2D eigenvalue weighted by Crippen LogP contribution is 2.37. The van der Waals surface area contributed by atoms with E-state index in [-0.39, 0.29) is 0 Å². The van der Waals surface area contributed by atoms with Gasteiger partial charge in [-0.25, -0.2) is 4.98 Å². The Morgan fingerprint density at radius 3 is 2.67 bits per heavy atom. The fourth-order valence-corrected chi connectivity index (χ4v) is 3.54. The van der Waals surface area contributed by atoms with Crippen LogP contribution in [0.3, 0.4) is 0 Å². The van der Waals surface area contributed by atoms with E-state index in [0.29, 0.717) is 12.6 Å². The number of fused-ring (bicyclic) bond motifs is 1. The molecule has 2 heterocycles. The van der Waals surface area contributed by atoms with Crippen molar-refractivity contribution < 1.29 is 4.74 Å². The molecule has 0 aliphatic carbocycles. The van der Waals surface area contributed by atoms with Gasteiger partial charge in [-0.3, -0.25) is 0 Å². The summed E-state index contributed by atoms with van der Waals surface area (Å²) in [7, 11) is 0. The number of aromatic nitrogens is 2. The number of aryl methyl sites for hydroxylation is 1. The van der Waals surface area contributed by atoms with Crippen LogP contribution >= 0.6 is 0 Å². The number of rotatable bonds is 5. The molecule has 3 aromatic rings. The van der Waals surface area contributed by atoms with Crippen molar-refractivity contribution in [3.05, 3.63) is 65.9 Å². The first-order valence-corrected chi connectivity index (χ1v) is 9.36. The summed E-state index contributed by atoms with van der Waals surface area (Å²) < 4.78 is 5.50. The fraction of sp³-hybridized carbons (Fsp3) is 0.273. The van der Waals surface area contributed by atoms with Gasteiger partial charge in [0.25, 0.3) is 0 Å². The maximum absolute atomic E-state index is 5.50. The van der Waals surface area contributed by atoms with Gasteiger partial charge in [0.05, 0.1) is 6.61 Å². The molecule has 1 aromatic heterocycles. The first-order chi connectivity index (χ1) is 13.1. The quantitative estimate of drug-likeness (QED) is 0.693. The van der Waals surface area contributed by atoms with Crippen LogP contribution in [0.1, 0.15) is 25.1 Å². The third-order valence-corrected chi connectivity index (χ3v) is 4.70. The third-order valence-electron chi connectivity index (χ3n) is 4.70. The van der Waals surface area contributed by atoms with E-state index in [0.717, 1.165) is 35.3 Å². The number of nitrogens with one attached hydrogen (secondary N) is 1. The average Bonchev–Trinajstić information content (AvgIpc) is 2.99. The van der Waals surface area contributed by atoms with Gasteiger partial charge < -0.3 is 15.0 Å². The predicted octanol–water partition coefficient (Wildman–Crippen LogP) is 5.01. The monoisotopic (exact) mass is 360 g/mol. The number of ether oxygens (including phenoxy) is 1. The number of anilines is 4. The van der Waals surface area contributed by atoms with Gasteiger partial charge >= 0.3 is 0 Å². The zero-order chi connectivity index (χ0) is 18.8. The average molecular weight is 360 g/mol. The third kappa shape index (κ3) is 3.58. The van der Waals surface area contributed by atoms with Crippen LogP contribution in [0, 0.1) is 6.92 Å². The minimum Gasteiger partial charge on any atom is -0.494 e. The Bertz CT molecular complexity index is 939. The van der Waals surface area contributed by atoms with Crippen LogP contribution in [0.25, 0.3) is 0 Å². The number of para-hydroxylation sites is 1. The highest BCUT2D eigenvalue weighted by molar-refractivity contribution is 5.68. The smallest absolute Gasteiger partial charge is 0.232 e. The Labute approximate surface area is 160 Å². The van der Waals surface area contributed by atoms with Crippen molar-refractivity contribution in [1.82, 2.24) is 9.97 Å². The molecule has 0 amide bonds. The number of nitrogens with zero attached hydrogens (tertiary/aromatic N) is 3. The van der Waals surface area contributed by atoms with E-state index in [1.165, 1.54) is 11.3 Å². The van der Waals surface area contributed by atoms with Crippen molar-refractivity contribution >= 4 is 23.1 Å². The molecule has 0 spiro atoms. The van der Waals surface area contributed by atoms with Crippen molar-refractivity contribution in [2.75, 3.05) is 16.8 Å². The molecule has 0 bridgehead atoms. The first-order valence-electron chi connectivity index (χ1n) is 9.36. The number of benzene rings is 2. The molecular formula is C22H24N4O. The van der Waals surface area contributed by atoms with E-state index in [2.05, 4.69) is 41.4 Å². The zero-order valence-electron chi connectivity index (χ0n) is 15.9. The van der Waals surface area contributed by atoms with Gasteiger partial charge in [0.1, 0.15) is 11.6 Å². The van der Waals surface area contributed by atoms with Gasteiger partial charge in [-0.05, 0) is 63.1 Å². The van der Waals surface area contributed by atoms with Crippen molar-refractivity contribution in [1.29, 1.82) is 0 Å². The van der Waals surface area contributed by atoms with Gasteiger partial charge in [0.2, 0.25) is 5.95 Å². The second-order valence-corrected chi connectivity index (χ2v) is 6.83. The summed E-state index contributed by atoms with van der Waals surface area (Å²) in [4.78, 5) is 11.7. The summed E-state index contributed by atoms with van der Waals surface area (Å²) in [6.07, 6.45) is 1.01. The molecule has 0 saturated carbocycles. The maximum atomic E-state index is 5.50. The van der Waals surface area contributed by atoms with Crippen LogP contribution < -0.4 is 15.0 Å². The van der Waals surface area contributed by atoms with E-state index >= 15 is 0 Å². The van der Waals surface area contributed by atoms with Crippen LogP contribution in [0.5, 0.6) is 5.75 Å². The molecule has 138 valence electrons. The Balaban J connectivity index is 1.62. The van der Waals surface area contributed by atoms with Gasteiger partial charge in [-0.1, -0.05) is 18.2 Å². The van der Waals surface area contributed by atoms with Crippen molar-refractivity contribution in [3.8, 4) is 5.75 Å². The number of hydrogen-bond donors (Lipinski definition) is 1. The highest BCUT2D eigenvalue weighted by Gasteiger charge is 2.29. The Kier molecular flexibility index (Phi) is 4.67. The molecular weight excluding hydrogens is 336 g/mol. The summed E-state index contributed by atoms with van der Waals surface area (Å²) in [6.45, 7) is 6.86. The fourth-order valence-electron chi connectivity index (χ4n) is 3.54. The molecule has 1 atom stereocenters. The minimum atomic E-state index is 0.336. The van der Waals surface area contributed by atoms with Crippen molar-refractivity contribution in [2.45, 2.75) is 33.2 Å². The van der Waals surface area contributed by atoms with Crippen LogP contribution in [0.15, 0.2) is 54.6 Å². The van der Waals surface area contributed by atoms with Gasteiger partial charge in [0, 0.05) is 29.2 Å². The molecule has 5 nitrogen and oxygen atoms in total. The molecule has 0 saturated heterocycles. The topological polar surface area (TPSA) is 50.3 Å². The first kappa shape index (κ1) is 17.3. The van der Waals surface area contributed by atoms with E-state index in [9.17, 15) is 0 Å². The molecule has 0 fully saturated rings. The van der Waals surface area contributed by atoms with Gasteiger partial charge in [-0.15, -0.1) is 0 Å². The molecule has 1 unspecified atom stereocenters. The lowest BCUT2D eigenvalue weighted by Crippen LogP contribution is -2.26. The molecule has 5 heteroatoms. The highest BCUT2D eigenvalue weighted by atomic mass is 16.5. The molecule has 2 aromatic carbocycles.